The molecule has 2 rings (SSSR count). The quantitative estimate of drug-likeness (QED) is 0.782. The smallest absolute Gasteiger partial charge is 0.255 e. The molecule has 1 fully saturated rings. The van der Waals surface area contributed by atoms with Crippen molar-refractivity contribution in [3.8, 4) is 0 Å². The third kappa shape index (κ3) is 3.49. The third-order valence-electron chi connectivity index (χ3n) is 3.11. The molecule has 0 aromatic carbocycles. The molecule has 0 unspecified atom stereocenters. The Morgan fingerprint density at radius 1 is 1.28 bits per heavy atom. The highest BCUT2D eigenvalue weighted by molar-refractivity contribution is 9.09. The molecule has 5 nitrogen and oxygen atoms in total. The summed E-state index contributed by atoms with van der Waals surface area (Å²) in [6.07, 6.45) is 4.11. The number of rotatable bonds is 3. The summed E-state index contributed by atoms with van der Waals surface area (Å²) in [5.41, 5.74) is 0.624. The second-order valence-corrected chi connectivity index (χ2v) is 5.10. The van der Waals surface area contributed by atoms with E-state index in [0.29, 0.717) is 5.56 Å². The summed E-state index contributed by atoms with van der Waals surface area (Å²) < 4.78 is 0. The van der Waals surface area contributed by atoms with Crippen LogP contribution >= 0.6 is 15.9 Å². The van der Waals surface area contributed by atoms with Crippen molar-refractivity contribution in [3.63, 3.8) is 0 Å². The van der Waals surface area contributed by atoms with E-state index in [0.717, 1.165) is 44.5 Å². The van der Waals surface area contributed by atoms with Crippen molar-refractivity contribution >= 4 is 21.8 Å². The zero-order chi connectivity index (χ0) is 12.8. The van der Waals surface area contributed by atoms with Gasteiger partial charge in [-0.15, -0.1) is 0 Å². The fourth-order valence-corrected chi connectivity index (χ4v) is 2.62. The van der Waals surface area contributed by atoms with Gasteiger partial charge in [0.15, 0.2) is 0 Å². The first-order valence-corrected chi connectivity index (χ1v) is 7.27. The molecule has 1 aliphatic heterocycles. The predicted octanol–water partition coefficient (Wildman–Crippen LogP) is 1.02. The van der Waals surface area contributed by atoms with E-state index in [9.17, 15) is 4.79 Å². The van der Waals surface area contributed by atoms with E-state index in [2.05, 4.69) is 31.0 Å². The highest BCUT2D eigenvalue weighted by Gasteiger charge is 2.19. The van der Waals surface area contributed by atoms with Gasteiger partial charge in [-0.1, -0.05) is 15.9 Å². The zero-order valence-electron chi connectivity index (χ0n) is 10.3. The van der Waals surface area contributed by atoms with Crippen LogP contribution in [0, 0.1) is 0 Å². The number of halogens is 1. The van der Waals surface area contributed by atoms with Gasteiger partial charge in [-0.25, -0.2) is 0 Å². The molecule has 2 heterocycles. The first kappa shape index (κ1) is 13.4. The molecule has 0 radical (unpaired) electrons. The molecule has 6 heteroatoms. The first-order valence-electron chi connectivity index (χ1n) is 6.15. The fourth-order valence-electron chi connectivity index (χ4n) is 2.12. The SMILES string of the molecule is O=C(c1ccnnc1)N1CCCN(CCBr)CC1. The Bertz CT molecular complexity index is 387. The highest BCUT2D eigenvalue weighted by atomic mass is 79.9. The average Bonchev–Trinajstić information content (AvgIpc) is 2.65. The first-order chi connectivity index (χ1) is 8.81. The molecule has 0 aliphatic carbocycles. The molecule has 0 N–H and O–H groups in total. The number of aromatic nitrogens is 2. The van der Waals surface area contributed by atoms with Crippen LogP contribution in [0.25, 0.3) is 0 Å². The van der Waals surface area contributed by atoms with Gasteiger partial charge in [-0.3, -0.25) is 4.79 Å². The molecule has 0 saturated carbocycles. The summed E-state index contributed by atoms with van der Waals surface area (Å²) in [5, 5.41) is 8.43. The van der Waals surface area contributed by atoms with Crippen molar-refractivity contribution in [2.24, 2.45) is 0 Å². The second-order valence-electron chi connectivity index (χ2n) is 4.31. The Morgan fingerprint density at radius 3 is 2.89 bits per heavy atom. The largest absolute Gasteiger partial charge is 0.337 e. The van der Waals surface area contributed by atoms with Crippen molar-refractivity contribution in [2.75, 3.05) is 38.1 Å². The maximum atomic E-state index is 12.2. The van der Waals surface area contributed by atoms with Crippen LogP contribution in [0.4, 0.5) is 0 Å². The van der Waals surface area contributed by atoms with Crippen LogP contribution < -0.4 is 0 Å². The Balaban J connectivity index is 1.96. The van der Waals surface area contributed by atoms with Gasteiger partial charge < -0.3 is 9.80 Å². The van der Waals surface area contributed by atoms with E-state index in [4.69, 9.17) is 0 Å². The lowest BCUT2D eigenvalue weighted by molar-refractivity contribution is 0.0761. The maximum absolute atomic E-state index is 12.2. The second kappa shape index (κ2) is 6.80. The van der Waals surface area contributed by atoms with E-state index < -0.39 is 0 Å². The summed E-state index contributed by atoms with van der Waals surface area (Å²) in [5.74, 6) is 0.0607. The molecule has 0 atom stereocenters. The monoisotopic (exact) mass is 312 g/mol. The van der Waals surface area contributed by atoms with E-state index in [1.165, 1.54) is 6.20 Å². The molecule has 1 saturated heterocycles. The minimum absolute atomic E-state index is 0.0607. The molecule has 1 aromatic rings. The van der Waals surface area contributed by atoms with E-state index >= 15 is 0 Å². The molecule has 0 spiro atoms. The Hall–Kier alpha value is -1.01. The van der Waals surface area contributed by atoms with Gasteiger partial charge in [-0.05, 0) is 19.0 Å². The van der Waals surface area contributed by atoms with Gasteiger partial charge in [0.2, 0.25) is 0 Å². The highest BCUT2D eigenvalue weighted by Crippen LogP contribution is 2.08. The van der Waals surface area contributed by atoms with Gasteiger partial charge in [0.05, 0.1) is 18.0 Å². The van der Waals surface area contributed by atoms with Crippen molar-refractivity contribution in [2.45, 2.75) is 6.42 Å². The molecular formula is C12H17BrN4O. The molecule has 1 aliphatic rings. The summed E-state index contributed by atoms with van der Waals surface area (Å²) in [6.45, 7) is 4.65. The van der Waals surface area contributed by atoms with E-state index in [-0.39, 0.29) is 5.91 Å². The third-order valence-corrected chi connectivity index (χ3v) is 3.46. The number of nitrogens with zero attached hydrogens (tertiary/aromatic N) is 4. The van der Waals surface area contributed by atoms with E-state index in [1.54, 1.807) is 12.3 Å². The molecule has 1 amide bonds. The molecule has 98 valence electrons. The van der Waals surface area contributed by atoms with Crippen LogP contribution in [0.15, 0.2) is 18.5 Å². The number of carbonyl (C=O) groups is 1. The van der Waals surface area contributed by atoms with Crippen molar-refractivity contribution in [1.29, 1.82) is 0 Å². The van der Waals surface area contributed by atoms with Crippen LogP contribution in [0.2, 0.25) is 0 Å². The lowest BCUT2D eigenvalue weighted by Gasteiger charge is -2.21. The summed E-state index contributed by atoms with van der Waals surface area (Å²) in [6, 6.07) is 1.72. The van der Waals surface area contributed by atoms with E-state index in [1.807, 2.05) is 4.90 Å². The van der Waals surface area contributed by atoms with Crippen LogP contribution in [-0.4, -0.2) is 64.0 Å². The normalized spacial score (nSPS) is 17.5. The Morgan fingerprint density at radius 2 is 2.17 bits per heavy atom. The van der Waals surface area contributed by atoms with Gasteiger partial charge >= 0.3 is 0 Å². The molecule has 0 bridgehead atoms. The van der Waals surface area contributed by atoms with Crippen molar-refractivity contribution in [1.82, 2.24) is 20.0 Å². The van der Waals surface area contributed by atoms with Crippen LogP contribution in [0.3, 0.4) is 0 Å². The lowest BCUT2D eigenvalue weighted by Crippen LogP contribution is -2.35. The van der Waals surface area contributed by atoms with Crippen LogP contribution in [0.1, 0.15) is 16.8 Å². The molecular weight excluding hydrogens is 296 g/mol. The predicted molar refractivity (Wildman–Crippen MR) is 72.8 cm³/mol. The Labute approximate surface area is 115 Å². The summed E-state index contributed by atoms with van der Waals surface area (Å²) in [7, 11) is 0. The van der Waals surface area contributed by atoms with Crippen molar-refractivity contribution in [3.05, 3.63) is 24.0 Å². The maximum Gasteiger partial charge on any atom is 0.255 e. The number of carbonyl (C=O) groups excluding carboxylic acids is 1. The average molecular weight is 313 g/mol. The minimum atomic E-state index is 0.0607. The number of amides is 1. The zero-order valence-corrected chi connectivity index (χ0v) is 11.8. The topological polar surface area (TPSA) is 49.3 Å². The van der Waals surface area contributed by atoms with Gasteiger partial charge in [0, 0.05) is 31.5 Å². The Kier molecular flexibility index (Phi) is 5.07. The van der Waals surface area contributed by atoms with Gasteiger partial charge in [0.1, 0.15) is 0 Å². The number of alkyl halides is 1. The van der Waals surface area contributed by atoms with Crippen LogP contribution in [-0.2, 0) is 0 Å². The summed E-state index contributed by atoms with van der Waals surface area (Å²) >= 11 is 3.45. The number of hydrogen-bond donors (Lipinski definition) is 0. The minimum Gasteiger partial charge on any atom is -0.337 e. The van der Waals surface area contributed by atoms with Gasteiger partial charge in [-0.2, -0.15) is 10.2 Å². The van der Waals surface area contributed by atoms with Gasteiger partial charge in [0.25, 0.3) is 5.91 Å². The molecule has 18 heavy (non-hydrogen) atoms. The van der Waals surface area contributed by atoms with Crippen LogP contribution in [0.5, 0.6) is 0 Å². The molecule has 1 aromatic heterocycles. The summed E-state index contributed by atoms with van der Waals surface area (Å²) in [4.78, 5) is 16.5. The number of hydrogen-bond acceptors (Lipinski definition) is 4. The fraction of sp³-hybridized carbons (Fsp3) is 0.583. The standard InChI is InChI=1S/C12H17BrN4O/c13-3-7-16-5-1-6-17(9-8-16)12(18)11-2-4-14-15-10-11/h2,4,10H,1,3,5-9H2. The van der Waals surface area contributed by atoms with Crippen molar-refractivity contribution < 1.29 is 4.79 Å². The lowest BCUT2D eigenvalue weighted by atomic mass is 10.2.